The minimum atomic E-state index is -0.805. The van der Waals surface area contributed by atoms with Crippen molar-refractivity contribution in [2.45, 2.75) is 68.0 Å². The Labute approximate surface area is 225 Å². The van der Waals surface area contributed by atoms with E-state index in [0.29, 0.717) is 25.3 Å². The second-order valence-corrected chi connectivity index (χ2v) is 11.7. The second kappa shape index (κ2) is 10.2. The summed E-state index contributed by atoms with van der Waals surface area (Å²) < 4.78 is 0. The first-order valence-electron chi connectivity index (χ1n) is 13.8. The zero-order valence-corrected chi connectivity index (χ0v) is 22.5. The molecule has 2 aromatic carbocycles. The van der Waals surface area contributed by atoms with Gasteiger partial charge < -0.3 is 25.3 Å². The molecular formula is C30H40N4O4. The van der Waals surface area contributed by atoms with Crippen LogP contribution in [0.25, 0.3) is 0 Å². The van der Waals surface area contributed by atoms with Crippen LogP contribution in [0.15, 0.2) is 54.6 Å². The van der Waals surface area contributed by atoms with Crippen LogP contribution >= 0.6 is 0 Å². The standard InChI is InChI=1S/C30H40N4O4/c1-32(2)30(23-8-4-3-5-9-23)17-15-28(16-18-30)21-33(27(37)34(28)22-29(38)13-7-14-29)19-12-26(36)31-24-10-6-11-25(35)20-24/h3-6,8-11,20,35,38H,7,12-19,21-22H2,1-2H3,(H,31,36). The van der Waals surface area contributed by atoms with E-state index in [2.05, 4.69) is 48.6 Å². The monoisotopic (exact) mass is 520 g/mol. The first-order valence-corrected chi connectivity index (χ1v) is 13.8. The third-order valence-electron chi connectivity index (χ3n) is 9.21. The number of nitrogens with one attached hydrogen (secondary N) is 1. The Morgan fingerprint density at radius 1 is 1.00 bits per heavy atom. The molecule has 0 atom stereocenters. The number of β-amino-alcohol motifs (C(OH)–C–C–N with tert-alkyl or cyclic N) is 1. The van der Waals surface area contributed by atoms with Crippen molar-refractivity contribution in [2.75, 3.05) is 39.0 Å². The molecule has 2 saturated carbocycles. The van der Waals surface area contributed by atoms with E-state index in [0.717, 1.165) is 44.9 Å². The number of urea groups is 1. The SMILES string of the molecule is CN(C)C1(c2ccccc2)CCC2(CC1)CN(CCC(=O)Nc1cccc(O)c1)C(=O)N2CC1(O)CCC1. The van der Waals surface area contributed by atoms with Crippen LogP contribution in [0.2, 0.25) is 0 Å². The maximum absolute atomic E-state index is 13.7. The van der Waals surface area contributed by atoms with Crippen molar-refractivity contribution in [3.63, 3.8) is 0 Å². The third kappa shape index (κ3) is 4.99. The highest BCUT2D eigenvalue weighted by Crippen LogP contribution is 2.50. The van der Waals surface area contributed by atoms with E-state index in [1.807, 2.05) is 11.0 Å². The summed E-state index contributed by atoms with van der Waals surface area (Å²) in [6, 6.07) is 17.0. The van der Waals surface area contributed by atoms with Crippen molar-refractivity contribution in [1.29, 1.82) is 0 Å². The number of aromatic hydroxyl groups is 1. The molecule has 0 radical (unpaired) electrons. The van der Waals surface area contributed by atoms with Crippen LogP contribution in [0.4, 0.5) is 10.5 Å². The quantitative estimate of drug-likeness (QED) is 0.486. The molecule has 204 valence electrons. The number of hydrogen-bond acceptors (Lipinski definition) is 5. The molecule has 3 aliphatic rings. The van der Waals surface area contributed by atoms with Gasteiger partial charge in [-0.1, -0.05) is 36.4 Å². The van der Waals surface area contributed by atoms with Gasteiger partial charge in [-0.25, -0.2) is 4.79 Å². The topological polar surface area (TPSA) is 96.3 Å². The summed E-state index contributed by atoms with van der Waals surface area (Å²) in [5, 5.41) is 23.5. The van der Waals surface area contributed by atoms with Crippen molar-refractivity contribution < 1.29 is 19.8 Å². The maximum Gasteiger partial charge on any atom is 0.320 e. The number of phenolic OH excluding ortho intramolecular Hbond substituents is 1. The lowest BCUT2D eigenvalue weighted by atomic mass is 9.67. The average Bonchev–Trinajstić information content (AvgIpc) is 3.13. The molecule has 38 heavy (non-hydrogen) atoms. The Morgan fingerprint density at radius 2 is 1.71 bits per heavy atom. The molecule has 1 aliphatic heterocycles. The van der Waals surface area contributed by atoms with E-state index in [1.165, 1.54) is 11.6 Å². The van der Waals surface area contributed by atoms with Gasteiger partial charge in [-0.3, -0.25) is 9.69 Å². The van der Waals surface area contributed by atoms with E-state index in [9.17, 15) is 19.8 Å². The van der Waals surface area contributed by atoms with E-state index in [1.54, 1.807) is 23.1 Å². The van der Waals surface area contributed by atoms with Crippen molar-refractivity contribution in [1.82, 2.24) is 14.7 Å². The number of phenols is 1. The fourth-order valence-corrected chi connectivity index (χ4v) is 6.67. The van der Waals surface area contributed by atoms with Gasteiger partial charge in [-0.15, -0.1) is 0 Å². The summed E-state index contributed by atoms with van der Waals surface area (Å²) in [6.07, 6.45) is 6.12. The molecule has 0 aromatic heterocycles. The van der Waals surface area contributed by atoms with E-state index >= 15 is 0 Å². The van der Waals surface area contributed by atoms with Crippen molar-refractivity contribution >= 4 is 17.6 Å². The number of carbonyl (C=O) groups excluding carboxylic acids is 2. The number of benzene rings is 2. The number of amides is 3. The first-order chi connectivity index (χ1) is 18.1. The Morgan fingerprint density at radius 3 is 2.32 bits per heavy atom. The number of aliphatic hydroxyl groups is 1. The Kier molecular flexibility index (Phi) is 7.13. The summed E-state index contributed by atoms with van der Waals surface area (Å²) in [7, 11) is 4.27. The fraction of sp³-hybridized carbons (Fsp3) is 0.533. The minimum absolute atomic E-state index is 0.0763. The molecule has 1 spiro atoms. The number of nitrogens with zero attached hydrogens (tertiary/aromatic N) is 3. The van der Waals surface area contributed by atoms with Gasteiger partial charge in [0.1, 0.15) is 5.75 Å². The van der Waals surface area contributed by atoms with Crippen LogP contribution in [0.3, 0.4) is 0 Å². The molecule has 3 amide bonds. The highest BCUT2D eigenvalue weighted by atomic mass is 16.3. The minimum Gasteiger partial charge on any atom is -0.508 e. The van der Waals surface area contributed by atoms with Gasteiger partial charge in [0.25, 0.3) is 0 Å². The van der Waals surface area contributed by atoms with Crippen molar-refractivity contribution in [2.24, 2.45) is 0 Å². The van der Waals surface area contributed by atoms with Crippen LogP contribution < -0.4 is 5.32 Å². The predicted octanol–water partition coefficient (Wildman–Crippen LogP) is 4.14. The Bertz CT molecular complexity index is 1160. The molecule has 8 nitrogen and oxygen atoms in total. The summed E-state index contributed by atoms with van der Waals surface area (Å²) in [4.78, 5) is 32.5. The van der Waals surface area contributed by atoms with Crippen LogP contribution in [0.1, 0.15) is 56.9 Å². The van der Waals surface area contributed by atoms with Gasteiger partial charge in [-0.05, 0) is 76.7 Å². The molecule has 0 unspecified atom stereocenters. The zero-order valence-electron chi connectivity index (χ0n) is 22.5. The van der Waals surface area contributed by atoms with Crippen LogP contribution in [-0.2, 0) is 10.3 Å². The highest BCUT2D eigenvalue weighted by molar-refractivity contribution is 5.91. The highest BCUT2D eigenvalue weighted by Gasteiger charge is 2.56. The smallest absolute Gasteiger partial charge is 0.320 e. The number of hydrogen-bond donors (Lipinski definition) is 3. The van der Waals surface area contributed by atoms with Gasteiger partial charge >= 0.3 is 6.03 Å². The summed E-state index contributed by atoms with van der Waals surface area (Å²) >= 11 is 0. The molecule has 0 bridgehead atoms. The molecule has 2 aromatic rings. The third-order valence-corrected chi connectivity index (χ3v) is 9.21. The lowest BCUT2D eigenvalue weighted by molar-refractivity contribution is -0.116. The molecular weight excluding hydrogens is 480 g/mol. The molecule has 1 saturated heterocycles. The zero-order chi connectivity index (χ0) is 27.0. The van der Waals surface area contributed by atoms with E-state index < -0.39 is 5.60 Å². The van der Waals surface area contributed by atoms with E-state index in [-0.39, 0.29) is 35.2 Å². The van der Waals surface area contributed by atoms with Gasteiger partial charge in [0, 0.05) is 36.8 Å². The maximum atomic E-state index is 13.7. The lowest BCUT2D eigenvalue weighted by Crippen LogP contribution is -2.59. The second-order valence-electron chi connectivity index (χ2n) is 11.7. The number of carbonyl (C=O) groups is 2. The number of rotatable bonds is 8. The summed E-state index contributed by atoms with van der Waals surface area (Å²) in [6.45, 7) is 1.25. The molecule has 3 N–H and O–H groups in total. The van der Waals surface area contributed by atoms with Gasteiger partial charge in [0.15, 0.2) is 0 Å². The number of anilines is 1. The molecule has 2 aliphatic carbocycles. The summed E-state index contributed by atoms with van der Waals surface area (Å²) in [5.41, 5.74) is 0.581. The van der Waals surface area contributed by atoms with Crippen molar-refractivity contribution in [3.05, 3.63) is 60.2 Å². The summed E-state index contributed by atoms with van der Waals surface area (Å²) in [5.74, 6) is -0.112. The molecule has 5 rings (SSSR count). The molecule has 1 heterocycles. The Hall–Kier alpha value is -3.10. The van der Waals surface area contributed by atoms with Gasteiger partial charge in [-0.2, -0.15) is 0 Å². The fourth-order valence-electron chi connectivity index (χ4n) is 6.67. The normalized spacial score (nSPS) is 26.6. The van der Waals surface area contributed by atoms with Crippen LogP contribution in [0, 0.1) is 0 Å². The first kappa shape index (κ1) is 26.5. The van der Waals surface area contributed by atoms with Crippen LogP contribution in [-0.4, -0.2) is 81.7 Å². The van der Waals surface area contributed by atoms with Gasteiger partial charge in [0.2, 0.25) is 5.91 Å². The molecule has 3 fully saturated rings. The predicted molar refractivity (Wildman–Crippen MR) is 147 cm³/mol. The largest absolute Gasteiger partial charge is 0.508 e. The molecule has 8 heteroatoms. The Balaban J connectivity index is 1.31. The lowest BCUT2D eigenvalue weighted by Gasteiger charge is -2.52. The van der Waals surface area contributed by atoms with Crippen LogP contribution in [0.5, 0.6) is 5.75 Å². The average molecular weight is 521 g/mol. The van der Waals surface area contributed by atoms with E-state index in [4.69, 9.17) is 0 Å². The van der Waals surface area contributed by atoms with Crippen molar-refractivity contribution in [3.8, 4) is 5.75 Å². The van der Waals surface area contributed by atoms with Gasteiger partial charge in [0.05, 0.1) is 17.7 Å².